The number of benzene rings is 5. The van der Waals surface area contributed by atoms with Crippen LogP contribution in [0, 0.1) is 40.7 Å². The van der Waals surface area contributed by atoms with Crippen LogP contribution in [0.4, 0.5) is 30.7 Å². The highest BCUT2D eigenvalue weighted by Crippen LogP contribution is 2.48. The molecular formula is C27H13F7O. The van der Waals surface area contributed by atoms with Gasteiger partial charge in [-0.15, -0.1) is 0 Å². The normalized spacial score (nSPS) is 11.4. The average molecular weight is 486 g/mol. The van der Waals surface area contributed by atoms with Crippen molar-refractivity contribution in [2.45, 2.75) is 0 Å². The molecule has 0 atom stereocenters. The molecule has 5 aromatic rings. The first kappa shape index (κ1) is 22.7. The second-order valence-corrected chi connectivity index (χ2v) is 7.75. The number of hydrogen-bond donors (Lipinski definition) is 0. The summed E-state index contributed by atoms with van der Waals surface area (Å²) in [5.74, 6) is -11.9. The average Bonchev–Trinajstić information content (AvgIpc) is 2.85. The topological polar surface area (TPSA) is 9.23 Å². The largest absolute Gasteiger partial charge is 0.497 e. The van der Waals surface area contributed by atoms with Crippen LogP contribution in [0.25, 0.3) is 43.8 Å². The Bertz CT molecular complexity index is 1620. The van der Waals surface area contributed by atoms with Crippen LogP contribution in [-0.2, 0) is 0 Å². The molecule has 0 amide bonds. The van der Waals surface area contributed by atoms with Crippen LogP contribution < -0.4 is 4.74 Å². The lowest BCUT2D eigenvalue weighted by Crippen LogP contribution is -2.04. The minimum atomic E-state index is -2.19. The van der Waals surface area contributed by atoms with Crippen LogP contribution in [0.15, 0.2) is 60.7 Å². The molecule has 176 valence electrons. The number of methoxy groups -OCH3 is 1. The lowest BCUT2D eigenvalue weighted by Gasteiger charge is -2.20. The molecule has 0 aromatic heterocycles. The van der Waals surface area contributed by atoms with Gasteiger partial charge in [0, 0.05) is 39.4 Å². The van der Waals surface area contributed by atoms with Gasteiger partial charge in [0.1, 0.15) is 23.2 Å². The minimum absolute atomic E-state index is 0.0855. The molecule has 5 aromatic carbocycles. The van der Waals surface area contributed by atoms with Gasteiger partial charge in [-0.05, 0) is 17.0 Å². The van der Waals surface area contributed by atoms with Gasteiger partial charge in [-0.1, -0.05) is 42.5 Å². The SMILES string of the molecule is COc1cc(F)c(-c2c3c(F)cccc3c(-c3ccccc3)c3c(F)c(F)c(F)c(F)c23)c(F)c1. The lowest BCUT2D eigenvalue weighted by molar-refractivity contribution is 0.407. The molecule has 1 nitrogen and oxygen atoms in total. The second-order valence-electron chi connectivity index (χ2n) is 7.75. The maximum atomic E-state index is 15.4. The monoisotopic (exact) mass is 486 g/mol. The van der Waals surface area contributed by atoms with Gasteiger partial charge in [0.2, 0.25) is 0 Å². The highest BCUT2D eigenvalue weighted by molar-refractivity contribution is 6.22. The Morgan fingerprint density at radius 1 is 0.514 bits per heavy atom. The van der Waals surface area contributed by atoms with Crippen LogP contribution in [0.1, 0.15) is 0 Å². The summed E-state index contributed by atoms with van der Waals surface area (Å²) in [7, 11) is 1.15. The van der Waals surface area contributed by atoms with Crippen molar-refractivity contribution < 1.29 is 35.5 Å². The van der Waals surface area contributed by atoms with E-state index in [9.17, 15) is 8.78 Å². The van der Waals surface area contributed by atoms with Crippen LogP contribution in [0.5, 0.6) is 5.75 Å². The predicted octanol–water partition coefficient (Wildman–Crippen LogP) is 8.31. The molecule has 0 fully saturated rings. The second kappa shape index (κ2) is 8.30. The van der Waals surface area contributed by atoms with Crippen molar-refractivity contribution in [1.29, 1.82) is 0 Å². The highest BCUT2D eigenvalue weighted by atomic mass is 19.2. The summed E-state index contributed by atoms with van der Waals surface area (Å²) in [5, 5.41) is -2.36. The van der Waals surface area contributed by atoms with Gasteiger partial charge in [-0.2, -0.15) is 0 Å². The molecule has 0 spiro atoms. The van der Waals surface area contributed by atoms with Gasteiger partial charge in [-0.25, -0.2) is 30.7 Å². The molecule has 0 aliphatic rings. The fourth-order valence-electron chi connectivity index (χ4n) is 4.41. The zero-order chi connectivity index (χ0) is 25.0. The van der Waals surface area contributed by atoms with E-state index >= 15 is 22.0 Å². The van der Waals surface area contributed by atoms with E-state index in [4.69, 9.17) is 4.74 Å². The van der Waals surface area contributed by atoms with Gasteiger partial charge in [0.05, 0.1) is 12.7 Å². The van der Waals surface area contributed by atoms with Crippen molar-refractivity contribution >= 4 is 21.5 Å². The highest BCUT2D eigenvalue weighted by Gasteiger charge is 2.31. The van der Waals surface area contributed by atoms with Crippen molar-refractivity contribution in [3.63, 3.8) is 0 Å². The molecular weight excluding hydrogens is 473 g/mol. The summed E-state index contributed by atoms with van der Waals surface area (Å²) in [6, 6.07) is 12.7. The Labute approximate surface area is 194 Å². The third kappa shape index (κ3) is 3.31. The van der Waals surface area contributed by atoms with Gasteiger partial charge in [0.25, 0.3) is 0 Å². The molecule has 0 aliphatic carbocycles. The third-order valence-electron chi connectivity index (χ3n) is 5.86. The molecule has 0 aliphatic heterocycles. The van der Waals surface area contributed by atoms with Gasteiger partial charge in [0.15, 0.2) is 23.3 Å². The van der Waals surface area contributed by atoms with Gasteiger partial charge in [-0.3, -0.25) is 0 Å². The number of fused-ring (bicyclic) bond motifs is 2. The van der Waals surface area contributed by atoms with E-state index < -0.39 is 68.0 Å². The molecule has 8 heteroatoms. The molecule has 0 unspecified atom stereocenters. The van der Waals surface area contributed by atoms with E-state index in [1.54, 1.807) is 18.2 Å². The molecule has 35 heavy (non-hydrogen) atoms. The third-order valence-corrected chi connectivity index (χ3v) is 5.86. The standard InChI is InChI=1S/C27H13F7O/c1-35-13-10-16(29)20(17(30)11-13)21-19-14(8-5-9-15(19)28)18(12-6-3-2-4-7-12)22-23(21)25(32)27(34)26(33)24(22)31/h2-11H,1H3. The number of ether oxygens (including phenoxy) is 1. The number of rotatable bonds is 3. The zero-order valence-corrected chi connectivity index (χ0v) is 17.8. The van der Waals surface area contributed by atoms with Crippen LogP contribution >= 0.6 is 0 Å². The molecule has 0 radical (unpaired) electrons. The van der Waals surface area contributed by atoms with Crippen molar-refractivity contribution in [1.82, 2.24) is 0 Å². The van der Waals surface area contributed by atoms with E-state index in [-0.39, 0.29) is 22.3 Å². The quantitative estimate of drug-likeness (QED) is 0.108. The summed E-state index contributed by atoms with van der Waals surface area (Å²) in [6.07, 6.45) is 0. The first-order valence-electron chi connectivity index (χ1n) is 10.2. The summed E-state index contributed by atoms with van der Waals surface area (Å²) < 4.78 is 110. The fraction of sp³-hybridized carbons (Fsp3) is 0.0370. The summed E-state index contributed by atoms with van der Waals surface area (Å²) in [6.45, 7) is 0. The van der Waals surface area contributed by atoms with E-state index in [1.807, 2.05) is 0 Å². The number of halogens is 7. The van der Waals surface area contributed by atoms with E-state index in [0.29, 0.717) is 0 Å². The molecule has 0 saturated heterocycles. The van der Waals surface area contributed by atoms with Crippen LogP contribution in [0.2, 0.25) is 0 Å². The molecule has 0 N–H and O–H groups in total. The Morgan fingerprint density at radius 3 is 1.66 bits per heavy atom. The van der Waals surface area contributed by atoms with Crippen LogP contribution in [0.3, 0.4) is 0 Å². The lowest BCUT2D eigenvalue weighted by atomic mass is 9.84. The van der Waals surface area contributed by atoms with Crippen molar-refractivity contribution in [3.05, 3.63) is 101 Å². The van der Waals surface area contributed by atoms with Crippen LogP contribution in [-0.4, -0.2) is 7.11 Å². The van der Waals surface area contributed by atoms with Gasteiger partial charge >= 0.3 is 0 Å². The van der Waals surface area contributed by atoms with Gasteiger partial charge < -0.3 is 4.74 Å². The Hall–Kier alpha value is -4.07. The zero-order valence-electron chi connectivity index (χ0n) is 17.8. The predicted molar refractivity (Wildman–Crippen MR) is 119 cm³/mol. The molecule has 0 heterocycles. The van der Waals surface area contributed by atoms with Crippen molar-refractivity contribution in [2.75, 3.05) is 7.11 Å². The first-order valence-corrected chi connectivity index (χ1v) is 10.2. The molecule has 0 saturated carbocycles. The Balaban J connectivity index is 2.16. The maximum Gasteiger partial charge on any atom is 0.198 e. The number of hydrogen-bond acceptors (Lipinski definition) is 1. The van der Waals surface area contributed by atoms with E-state index in [1.165, 1.54) is 24.3 Å². The van der Waals surface area contributed by atoms with E-state index in [0.717, 1.165) is 25.3 Å². The maximum absolute atomic E-state index is 15.4. The minimum Gasteiger partial charge on any atom is -0.497 e. The van der Waals surface area contributed by atoms with Crippen molar-refractivity contribution in [2.24, 2.45) is 0 Å². The van der Waals surface area contributed by atoms with E-state index in [2.05, 4.69) is 0 Å². The Morgan fingerprint density at radius 2 is 1.09 bits per heavy atom. The smallest absolute Gasteiger partial charge is 0.198 e. The fourth-order valence-corrected chi connectivity index (χ4v) is 4.41. The van der Waals surface area contributed by atoms with Crippen molar-refractivity contribution in [3.8, 4) is 28.0 Å². The summed E-state index contributed by atoms with van der Waals surface area (Å²) in [4.78, 5) is 0. The molecule has 5 rings (SSSR count). The summed E-state index contributed by atoms with van der Waals surface area (Å²) in [5.41, 5.74) is -1.68. The summed E-state index contributed by atoms with van der Waals surface area (Å²) >= 11 is 0. The first-order chi connectivity index (χ1) is 16.8. The molecule has 0 bridgehead atoms. The Kier molecular flexibility index (Phi) is 5.39.